The Morgan fingerprint density at radius 1 is 0.438 bits per heavy atom. The molecule has 0 atom stereocenters. The number of carbonyl (C=O) groups excluding carboxylic acids is 2. The van der Waals surface area contributed by atoms with E-state index in [1.165, 1.54) is 14.2 Å². The zero-order chi connectivity index (χ0) is 34.5. The van der Waals surface area contributed by atoms with Crippen LogP contribution in [0.5, 0.6) is 34.5 Å². The summed E-state index contributed by atoms with van der Waals surface area (Å²) in [4.78, 5) is 35.4. The number of methoxy groups -OCH3 is 6. The fourth-order valence-corrected chi connectivity index (χ4v) is 4.30. The van der Waals surface area contributed by atoms with Gasteiger partial charge in [-0.3, -0.25) is 0 Å². The molecule has 0 spiro atoms. The van der Waals surface area contributed by atoms with Gasteiger partial charge in [-0.2, -0.15) is 0 Å². The lowest BCUT2D eigenvalue weighted by atomic mass is 10.1. The monoisotopic (exact) mass is 656 g/mol. The fraction of sp³-hybridized carbons (Fsp3) is 0.167. The van der Waals surface area contributed by atoms with E-state index >= 15 is 0 Å². The van der Waals surface area contributed by atoms with E-state index < -0.39 is 11.9 Å². The van der Waals surface area contributed by atoms with Crippen molar-refractivity contribution in [3.05, 3.63) is 95.1 Å². The zero-order valence-electron chi connectivity index (χ0n) is 27.3. The third-order valence-corrected chi connectivity index (χ3v) is 6.85. The Hall–Kier alpha value is -6.30. The van der Waals surface area contributed by atoms with Gasteiger partial charge >= 0.3 is 11.9 Å². The van der Waals surface area contributed by atoms with Crippen molar-refractivity contribution in [2.45, 2.75) is 0 Å². The second kappa shape index (κ2) is 16.9. The highest BCUT2D eigenvalue weighted by molar-refractivity contribution is 6.30. The minimum atomic E-state index is -1.30. The van der Waals surface area contributed by atoms with Gasteiger partial charge in [-0.25, -0.2) is 20.5 Å². The molecule has 0 aliphatic carbocycles. The fourth-order valence-electron chi connectivity index (χ4n) is 4.30. The van der Waals surface area contributed by atoms with Gasteiger partial charge in [0.15, 0.2) is 0 Å². The van der Waals surface area contributed by atoms with Crippen LogP contribution in [0.1, 0.15) is 22.3 Å². The Bertz CT molecular complexity index is 1630. The molecular weight excluding hydrogens is 620 g/mol. The topological polar surface area (TPSA) is 132 Å². The number of benzene rings is 4. The number of nitrogens with one attached hydrogen (secondary N) is 2. The van der Waals surface area contributed by atoms with Gasteiger partial charge < -0.3 is 38.1 Å². The van der Waals surface area contributed by atoms with Crippen LogP contribution in [-0.4, -0.2) is 54.6 Å². The summed E-state index contributed by atoms with van der Waals surface area (Å²) in [5.74, 6) is 0.862. The quantitative estimate of drug-likeness (QED) is 0.0870. The van der Waals surface area contributed by atoms with E-state index in [1.54, 1.807) is 89.1 Å². The Labute approximate surface area is 278 Å². The number of anilines is 2. The summed E-state index contributed by atoms with van der Waals surface area (Å²) in [6.07, 6.45) is 7.21. The van der Waals surface area contributed by atoms with Crippen LogP contribution in [0.3, 0.4) is 0 Å². The lowest BCUT2D eigenvalue weighted by Crippen LogP contribution is -2.25. The Morgan fingerprint density at radius 3 is 1.08 bits per heavy atom. The Kier molecular flexibility index (Phi) is 12.1. The predicted octanol–water partition coefficient (Wildman–Crippen LogP) is 6.52. The number of carbonyl (C=O) groups is 2. The Morgan fingerprint density at radius 2 is 0.771 bits per heavy atom. The summed E-state index contributed by atoms with van der Waals surface area (Å²) in [6.45, 7) is 0. The molecule has 250 valence electrons. The molecule has 0 fully saturated rings. The summed E-state index contributed by atoms with van der Waals surface area (Å²) >= 11 is 0. The summed E-state index contributed by atoms with van der Waals surface area (Å²) in [6, 6.07) is 21.0. The van der Waals surface area contributed by atoms with Crippen LogP contribution in [0.2, 0.25) is 0 Å². The maximum Gasteiger partial charge on any atom is 0.443 e. The van der Waals surface area contributed by atoms with Gasteiger partial charge in [0.1, 0.15) is 34.5 Å². The minimum absolute atomic E-state index is 0.351. The molecule has 0 amide bonds. The predicted molar refractivity (Wildman–Crippen MR) is 182 cm³/mol. The highest BCUT2D eigenvalue weighted by atomic mass is 16.7. The average molecular weight is 657 g/mol. The first kappa shape index (κ1) is 34.6. The van der Waals surface area contributed by atoms with Crippen molar-refractivity contribution in [2.24, 2.45) is 0 Å². The second-order valence-corrected chi connectivity index (χ2v) is 9.85. The molecule has 0 heterocycles. The van der Waals surface area contributed by atoms with Gasteiger partial charge in [-0.05, 0) is 59.7 Å². The SMILES string of the molecule is COc1cc(C=Cc2ccc(OC)cc2NOC(=O)C(=O)ONc2cc(OC)ccc2C=Cc2cc(OC)cc(OC)c2)cc(OC)c1. The van der Waals surface area contributed by atoms with E-state index in [9.17, 15) is 9.59 Å². The highest BCUT2D eigenvalue weighted by Crippen LogP contribution is 2.29. The number of rotatable bonds is 14. The van der Waals surface area contributed by atoms with Crippen molar-refractivity contribution < 1.29 is 47.7 Å². The minimum Gasteiger partial charge on any atom is -0.497 e. The molecule has 4 aromatic carbocycles. The maximum absolute atomic E-state index is 12.6. The molecule has 12 heteroatoms. The summed E-state index contributed by atoms with van der Waals surface area (Å²) < 4.78 is 32.0. The Balaban J connectivity index is 1.45. The molecule has 2 N–H and O–H groups in total. The molecule has 0 aromatic heterocycles. The number of hydrogen-bond donors (Lipinski definition) is 2. The first-order chi connectivity index (χ1) is 23.3. The van der Waals surface area contributed by atoms with Gasteiger partial charge in [-0.15, -0.1) is 0 Å². The molecule has 4 rings (SSSR count). The lowest BCUT2D eigenvalue weighted by Gasteiger charge is -2.13. The first-order valence-electron chi connectivity index (χ1n) is 14.4. The molecular formula is C36H36N2O10. The molecule has 0 saturated heterocycles. The first-order valence-corrected chi connectivity index (χ1v) is 14.4. The van der Waals surface area contributed by atoms with Crippen molar-refractivity contribution in [1.29, 1.82) is 0 Å². The van der Waals surface area contributed by atoms with Crippen molar-refractivity contribution in [2.75, 3.05) is 53.6 Å². The standard InChI is InChI=1S/C36H36N2O10/c1-41-27-13-11-25(9-7-23-15-29(43-3)19-30(16-23)44-4)33(21-27)37-47-35(39)36(40)48-38-34-22-28(42-2)14-12-26(34)10-8-24-17-31(45-5)20-32(18-24)46-6/h7-22,37-38H,1-6H3. The van der Waals surface area contributed by atoms with Crippen LogP contribution >= 0.6 is 0 Å². The normalized spacial score (nSPS) is 10.7. The molecule has 0 aliphatic heterocycles. The van der Waals surface area contributed by atoms with E-state index in [2.05, 4.69) is 11.0 Å². The highest BCUT2D eigenvalue weighted by Gasteiger charge is 2.20. The van der Waals surface area contributed by atoms with Crippen molar-refractivity contribution in [3.8, 4) is 34.5 Å². The van der Waals surface area contributed by atoms with Crippen LogP contribution in [0.15, 0.2) is 72.8 Å². The third kappa shape index (κ3) is 9.36. The molecule has 0 bridgehead atoms. The van der Waals surface area contributed by atoms with Crippen LogP contribution < -0.4 is 39.4 Å². The number of hydrogen-bond acceptors (Lipinski definition) is 12. The van der Waals surface area contributed by atoms with Gasteiger partial charge in [0, 0.05) is 35.4 Å². The second-order valence-electron chi connectivity index (χ2n) is 9.85. The van der Waals surface area contributed by atoms with Crippen LogP contribution in [-0.2, 0) is 19.3 Å². The van der Waals surface area contributed by atoms with Crippen LogP contribution in [0.25, 0.3) is 24.3 Å². The lowest BCUT2D eigenvalue weighted by molar-refractivity contribution is -0.164. The van der Waals surface area contributed by atoms with Gasteiger partial charge in [-0.1, -0.05) is 24.3 Å². The van der Waals surface area contributed by atoms with Crippen LogP contribution in [0.4, 0.5) is 11.4 Å². The zero-order valence-corrected chi connectivity index (χ0v) is 27.3. The van der Waals surface area contributed by atoms with Gasteiger partial charge in [0.25, 0.3) is 0 Å². The molecule has 48 heavy (non-hydrogen) atoms. The van der Waals surface area contributed by atoms with Gasteiger partial charge in [0.05, 0.1) is 54.0 Å². The van der Waals surface area contributed by atoms with Gasteiger partial charge in [0.2, 0.25) is 0 Å². The maximum atomic E-state index is 12.6. The smallest absolute Gasteiger partial charge is 0.443 e. The van der Waals surface area contributed by atoms with Crippen molar-refractivity contribution in [3.63, 3.8) is 0 Å². The summed E-state index contributed by atoms with van der Waals surface area (Å²) in [5.41, 5.74) is 8.60. The molecule has 0 unspecified atom stereocenters. The number of ether oxygens (including phenoxy) is 6. The van der Waals surface area contributed by atoms with Crippen molar-refractivity contribution in [1.82, 2.24) is 0 Å². The van der Waals surface area contributed by atoms with E-state index in [0.29, 0.717) is 57.0 Å². The van der Waals surface area contributed by atoms with E-state index in [-0.39, 0.29) is 0 Å². The molecule has 0 aliphatic rings. The summed E-state index contributed by atoms with van der Waals surface area (Å²) in [7, 11) is 9.27. The largest absolute Gasteiger partial charge is 0.497 e. The molecule has 0 saturated carbocycles. The van der Waals surface area contributed by atoms with Crippen LogP contribution in [0, 0.1) is 0 Å². The molecule has 12 nitrogen and oxygen atoms in total. The molecule has 0 radical (unpaired) electrons. The van der Waals surface area contributed by atoms with E-state index in [1.807, 2.05) is 36.4 Å². The summed E-state index contributed by atoms with van der Waals surface area (Å²) in [5, 5.41) is 0. The third-order valence-electron chi connectivity index (χ3n) is 6.85. The van der Waals surface area contributed by atoms with E-state index in [4.69, 9.17) is 38.1 Å². The van der Waals surface area contributed by atoms with Crippen molar-refractivity contribution >= 4 is 47.6 Å². The molecule has 4 aromatic rings. The van der Waals surface area contributed by atoms with E-state index in [0.717, 1.165) is 11.1 Å². The average Bonchev–Trinajstić information content (AvgIpc) is 3.13.